The number of rotatable bonds is 6. The van der Waals surface area contributed by atoms with E-state index in [9.17, 15) is 39.6 Å². The molecule has 12 nitrogen and oxygen atoms in total. The van der Waals surface area contributed by atoms with Crippen molar-refractivity contribution in [2.75, 3.05) is 14.1 Å². The van der Waals surface area contributed by atoms with Gasteiger partial charge in [0.2, 0.25) is 5.78 Å². The number of benzene rings is 1. The zero-order valence-corrected chi connectivity index (χ0v) is 22.7. The molecule has 2 aromatic rings. The highest BCUT2D eigenvalue weighted by molar-refractivity contribution is 6.24. The topological polar surface area (TPSA) is 204 Å². The lowest BCUT2D eigenvalue weighted by atomic mass is 9.57. The first-order valence-corrected chi connectivity index (χ1v) is 13.1. The van der Waals surface area contributed by atoms with Crippen LogP contribution in [0.4, 0.5) is 0 Å². The molecule has 0 aliphatic heterocycles. The summed E-state index contributed by atoms with van der Waals surface area (Å²) in [6, 6.07) is 3.42. The summed E-state index contributed by atoms with van der Waals surface area (Å²) in [7, 11) is 3.08. The molecule has 3 aliphatic rings. The fourth-order valence-electron chi connectivity index (χ4n) is 6.53. The predicted molar refractivity (Wildman–Crippen MR) is 144 cm³/mol. The van der Waals surface area contributed by atoms with Gasteiger partial charge in [-0.15, -0.1) is 0 Å². The molecule has 0 spiro atoms. The van der Waals surface area contributed by atoms with Crippen molar-refractivity contribution in [3.63, 3.8) is 0 Å². The van der Waals surface area contributed by atoms with E-state index in [2.05, 4.69) is 9.97 Å². The third-order valence-electron chi connectivity index (χ3n) is 8.41. The molecule has 0 bridgehead atoms. The summed E-state index contributed by atoms with van der Waals surface area (Å²) in [4.78, 5) is 61.5. The molecular formula is C29H30N4O8. The lowest BCUT2D eigenvalue weighted by Gasteiger charge is -2.50. The van der Waals surface area contributed by atoms with E-state index < -0.39 is 58.0 Å². The van der Waals surface area contributed by atoms with Crippen molar-refractivity contribution in [1.29, 1.82) is 0 Å². The number of nitrogens with zero attached hydrogens (tertiary/aromatic N) is 3. The Morgan fingerprint density at radius 2 is 1.85 bits per heavy atom. The monoisotopic (exact) mass is 562 g/mol. The average Bonchev–Trinajstić information content (AvgIpc) is 2.89. The summed E-state index contributed by atoms with van der Waals surface area (Å²) >= 11 is 0. The number of phenols is 1. The molecular weight excluding hydrogens is 532 g/mol. The van der Waals surface area contributed by atoms with Crippen molar-refractivity contribution in [3.8, 4) is 5.75 Å². The Bertz CT molecular complexity index is 1590. The number of carbonyl (C=O) groups excluding carboxylic acids is 4. The number of aliphatic hydroxyl groups excluding tert-OH is 2. The lowest BCUT2D eigenvalue weighted by molar-refractivity contribution is -0.153. The largest absolute Gasteiger partial charge is 0.508 e. The number of likely N-dealkylation sites (N-methyl/N-ethyl adjacent to an activating group) is 1. The summed E-state index contributed by atoms with van der Waals surface area (Å²) < 4.78 is 0. The zero-order chi connectivity index (χ0) is 30.0. The second kappa shape index (κ2) is 9.89. The van der Waals surface area contributed by atoms with Crippen LogP contribution in [0.3, 0.4) is 0 Å². The standard InChI is InChI=1S/C29H30N4O8/c1-12-8-17(32-11-31-12)18(34)6-4-13-5-7-19(35)21-15(13)9-14-10-16-23(33(2)3)25(37)22(28(30)40)27(39)29(16,41)26(38)20(14)24(21)36/h5,7-8,11,14,16,23,35-36,39,41H,4,6,9-10H2,1-3H3,(H2,30,40). The van der Waals surface area contributed by atoms with Gasteiger partial charge in [0.25, 0.3) is 5.91 Å². The molecule has 1 saturated carbocycles. The maximum Gasteiger partial charge on any atom is 0.255 e. The smallest absolute Gasteiger partial charge is 0.255 e. The number of aliphatic hydroxyl groups is 3. The van der Waals surface area contributed by atoms with E-state index >= 15 is 0 Å². The highest BCUT2D eigenvalue weighted by atomic mass is 16.3. The Kier molecular flexibility index (Phi) is 6.79. The minimum atomic E-state index is -2.69. The highest BCUT2D eigenvalue weighted by Crippen LogP contribution is 2.53. The van der Waals surface area contributed by atoms with Gasteiger partial charge in [-0.05, 0) is 69.5 Å². The molecule has 1 aromatic carbocycles. The summed E-state index contributed by atoms with van der Waals surface area (Å²) in [5, 5.41) is 44.7. The van der Waals surface area contributed by atoms with Gasteiger partial charge in [-0.3, -0.25) is 24.1 Å². The fraction of sp³-hybridized carbons (Fsp3) is 0.379. The van der Waals surface area contributed by atoms with E-state index in [0.717, 1.165) is 0 Å². The van der Waals surface area contributed by atoms with Gasteiger partial charge >= 0.3 is 0 Å². The van der Waals surface area contributed by atoms with Gasteiger partial charge in [-0.25, -0.2) is 9.97 Å². The summed E-state index contributed by atoms with van der Waals surface area (Å²) in [6.45, 7) is 1.75. The van der Waals surface area contributed by atoms with Crippen LogP contribution in [0.5, 0.6) is 5.75 Å². The van der Waals surface area contributed by atoms with Crippen LogP contribution in [0.25, 0.3) is 5.76 Å². The summed E-state index contributed by atoms with van der Waals surface area (Å²) in [6.07, 6.45) is 1.79. The molecule has 0 saturated heterocycles. The van der Waals surface area contributed by atoms with Gasteiger partial charge in [0.05, 0.1) is 11.6 Å². The molecule has 4 unspecified atom stereocenters. The molecule has 0 radical (unpaired) electrons. The highest BCUT2D eigenvalue weighted by Gasteiger charge is 2.64. The van der Waals surface area contributed by atoms with Crippen molar-refractivity contribution in [2.45, 2.75) is 44.2 Å². The molecule has 5 rings (SSSR count). The third kappa shape index (κ3) is 4.21. The first kappa shape index (κ1) is 28.1. The number of aryl methyl sites for hydroxylation is 2. The number of phenolic OH excluding ortho intramolecular Hbond substituents is 1. The van der Waals surface area contributed by atoms with E-state index in [1.54, 1.807) is 33.2 Å². The first-order valence-electron chi connectivity index (χ1n) is 13.1. The quantitative estimate of drug-likeness (QED) is 0.247. The van der Waals surface area contributed by atoms with Gasteiger partial charge in [0.15, 0.2) is 17.2 Å². The molecule has 1 amide bonds. The van der Waals surface area contributed by atoms with Crippen LogP contribution in [-0.4, -0.2) is 84.3 Å². The van der Waals surface area contributed by atoms with Gasteiger partial charge in [0.1, 0.15) is 34.9 Å². The molecule has 214 valence electrons. The van der Waals surface area contributed by atoms with E-state index in [-0.39, 0.29) is 54.0 Å². The van der Waals surface area contributed by atoms with Crippen LogP contribution in [0.2, 0.25) is 0 Å². The molecule has 41 heavy (non-hydrogen) atoms. The summed E-state index contributed by atoms with van der Waals surface area (Å²) in [5.41, 5.74) is 3.67. The van der Waals surface area contributed by atoms with E-state index in [1.807, 2.05) is 0 Å². The number of aromatic nitrogens is 2. The Balaban J connectivity index is 1.58. The fourth-order valence-corrected chi connectivity index (χ4v) is 6.53. The summed E-state index contributed by atoms with van der Waals surface area (Å²) in [5.74, 6) is -7.26. The number of ketones is 3. The molecule has 12 heteroatoms. The predicted octanol–water partition coefficient (Wildman–Crippen LogP) is 0.878. The average molecular weight is 563 g/mol. The molecule has 4 atom stereocenters. The maximum absolute atomic E-state index is 13.9. The van der Waals surface area contributed by atoms with Crippen molar-refractivity contribution >= 4 is 29.0 Å². The molecule has 1 fully saturated rings. The van der Waals surface area contributed by atoms with Crippen LogP contribution in [0, 0.1) is 18.8 Å². The Labute approximate surface area is 234 Å². The van der Waals surface area contributed by atoms with Crippen LogP contribution in [0.1, 0.15) is 45.7 Å². The second-order valence-electron chi connectivity index (χ2n) is 11.0. The number of hydrogen-bond donors (Lipinski definition) is 5. The van der Waals surface area contributed by atoms with Crippen molar-refractivity contribution < 1.29 is 39.6 Å². The van der Waals surface area contributed by atoms with Gasteiger partial charge in [-0.1, -0.05) is 6.07 Å². The van der Waals surface area contributed by atoms with Crippen LogP contribution in [-0.2, 0) is 27.2 Å². The maximum atomic E-state index is 13.9. The Morgan fingerprint density at radius 1 is 1.15 bits per heavy atom. The number of primary amides is 1. The molecule has 1 aromatic heterocycles. The zero-order valence-electron chi connectivity index (χ0n) is 22.7. The van der Waals surface area contributed by atoms with E-state index in [4.69, 9.17) is 5.73 Å². The van der Waals surface area contributed by atoms with E-state index in [0.29, 0.717) is 16.8 Å². The molecule has 1 heterocycles. The minimum absolute atomic E-state index is 0.0101. The molecule has 3 aliphatic carbocycles. The van der Waals surface area contributed by atoms with Crippen molar-refractivity contribution in [2.24, 2.45) is 17.6 Å². The van der Waals surface area contributed by atoms with Crippen LogP contribution in [0.15, 0.2) is 41.4 Å². The van der Waals surface area contributed by atoms with E-state index in [1.165, 1.54) is 17.3 Å². The van der Waals surface area contributed by atoms with Gasteiger partial charge < -0.3 is 26.2 Å². The number of carbonyl (C=O) groups is 4. The molecule has 6 N–H and O–H groups in total. The van der Waals surface area contributed by atoms with Crippen LogP contribution >= 0.6 is 0 Å². The van der Waals surface area contributed by atoms with Gasteiger partial charge in [0, 0.05) is 23.6 Å². The number of fused-ring (bicyclic) bond motifs is 3. The van der Waals surface area contributed by atoms with Gasteiger partial charge in [-0.2, -0.15) is 0 Å². The van der Waals surface area contributed by atoms with Crippen molar-refractivity contribution in [1.82, 2.24) is 14.9 Å². The van der Waals surface area contributed by atoms with Crippen molar-refractivity contribution in [3.05, 3.63) is 69.5 Å². The Morgan fingerprint density at radius 3 is 2.49 bits per heavy atom. The lowest BCUT2D eigenvalue weighted by Crippen LogP contribution is -2.65. The first-order chi connectivity index (χ1) is 19.3. The number of Topliss-reactive ketones (excluding diaryl/α,β-unsaturated/α-hetero) is 3. The number of nitrogens with two attached hydrogens (primary N) is 1. The minimum Gasteiger partial charge on any atom is -0.508 e. The van der Waals surface area contributed by atoms with Crippen LogP contribution < -0.4 is 5.73 Å². The SMILES string of the molecule is Cc1cc(C(=O)CCc2ccc(O)c3c2CC2CC4C(N(C)C)C(=O)C(C(N)=O)=C(O)C4(O)C(=O)C2=C3O)ncn1. The number of aromatic hydroxyl groups is 1. The second-order valence-corrected chi connectivity index (χ2v) is 11.0. The number of hydrogen-bond acceptors (Lipinski definition) is 11. The Hall–Kier alpha value is -4.42. The third-order valence-corrected chi connectivity index (χ3v) is 8.41. The number of amides is 1. The normalized spacial score (nSPS) is 25.6.